The maximum atomic E-state index is 13.9. The lowest BCUT2D eigenvalue weighted by atomic mass is 9.71. The topological polar surface area (TPSA) is 26.8 Å². The highest BCUT2D eigenvalue weighted by atomic mass is 19.1. The molecule has 0 saturated carbocycles. The van der Waals surface area contributed by atoms with Gasteiger partial charge in [0.1, 0.15) is 5.82 Å². The van der Waals surface area contributed by atoms with Gasteiger partial charge in [-0.1, -0.05) is 24.6 Å². The number of nitrogens with zero attached hydrogens (tertiary/aromatic N) is 3. The smallest absolute Gasteiger partial charge is 0.239 e. The van der Waals surface area contributed by atoms with Gasteiger partial charge in [0, 0.05) is 31.7 Å². The number of rotatable bonds is 5. The van der Waals surface area contributed by atoms with Gasteiger partial charge in [0.15, 0.2) is 0 Å². The molecular weight excluding hydrogens is 389 g/mol. The van der Waals surface area contributed by atoms with Crippen LogP contribution in [0.5, 0.6) is 0 Å². The minimum atomic E-state index is -0.148. The molecule has 5 rings (SSSR count). The molecule has 5 atom stereocenters. The van der Waals surface area contributed by atoms with Gasteiger partial charge < -0.3 is 4.90 Å². The van der Waals surface area contributed by atoms with E-state index in [1.807, 2.05) is 12.1 Å². The van der Waals surface area contributed by atoms with Crippen LogP contribution < -0.4 is 0 Å². The standard InChI is InChI=1S/C26H36FN3O/c1-2-11-28-12-6-10-24(28)26(31)29-17-20-16-21(18-29)25(30-13-4-3-9-23(20)30)15-19-7-5-8-22(27)14-19/h2,5,7-8,14,20-21,23-25H,1,3-4,6,9-13,15-18H2/t20-,21+,23+,24+,25+/m1/s1. The number of amides is 1. The van der Waals surface area contributed by atoms with Gasteiger partial charge in [0.05, 0.1) is 6.04 Å². The second-order valence-electron chi connectivity index (χ2n) is 10.1. The van der Waals surface area contributed by atoms with Gasteiger partial charge in [-0.25, -0.2) is 4.39 Å². The van der Waals surface area contributed by atoms with E-state index in [9.17, 15) is 9.18 Å². The molecule has 1 aromatic rings. The maximum absolute atomic E-state index is 13.9. The van der Waals surface area contributed by atoms with Gasteiger partial charge in [-0.3, -0.25) is 14.6 Å². The second kappa shape index (κ2) is 9.03. The molecule has 0 unspecified atom stereocenters. The van der Waals surface area contributed by atoms with Crippen LogP contribution >= 0.6 is 0 Å². The Hall–Kier alpha value is -1.72. The molecule has 4 nitrogen and oxygen atoms in total. The van der Waals surface area contributed by atoms with Crippen molar-refractivity contribution in [2.45, 2.75) is 63.1 Å². The molecule has 4 aliphatic rings. The number of hydrogen-bond acceptors (Lipinski definition) is 3. The summed E-state index contributed by atoms with van der Waals surface area (Å²) in [5.41, 5.74) is 1.09. The zero-order valence-electron chi connectivity index (χ0n) is 18.6. The van der Waals surface area contributed by atoms with Gasteiger partial charge in [-0.15, -0.1) is 6.58 Å². The van der Waals surface area contributed by atoms with Crippen molar-refractivity contribution in [3.63, 3.8) is 0 Å². The minimum absolute atomic E-state index is 0.0287. The fourth-order valence-corrected chi connectivity index (χ4v) is 6.97. The first-order chi connectivity index (χ1) is 15.1. The molecule has 4 aliphatic heterocycles. The highest BCUT2D eigenvalue weighted by Gasteiger charge is 2.48. The first kappa shape index (κ1) is 21.1. The van der Waals surface area contributed by atoms with Crippen molar-refractivity contribution < 1.29 is 9.18 Å². The quantitative estimate of drug-likeness (QED) is 0.673. The summed E-state index contributed by atoms with van der Waals surface area (Å²) >= 11 is 0. The van der Waals surface area contributed by atoms with Crippen molar-refractivity contribution in [3.05, 3.63) is 48.3 Å². The minimum Gasteiger partial charge on any atom is -0.341 e. The molecule has 0 N–H and O–H groups in total. The predicted octanol–water partition coefficient (Wildman–Crippen LogP) is 3.72. The average molecular weight is 426 g/mol. The molecule has 4 fully saturated rings. The molecule has 0 radical (unpaired) electrons. The number of carbonyl (C=O) groups is 1. The summed E-state index contributed by atoms with van der Waals surface area (Å²) in [6.07, 6.45) is 9.89. The molecule has 5 heteroatoms. The third-order valence-corrected chi connectivity index (χ3v) is 8.28. The lowest BCUT2D eigenvalue weighted by Crippen LogP contribution is -2.65. The summed E-state index contributed by atoms with van der Waals surface area (Å²) < 4.78 is 13.9. The van der Waals surface area contributed by atoms with Crippen molar-refractivity contribution in [1.29, 1.82) is 0 Å². The molecule has 168 valence electrons. The van der Waals surface area contributed by atoms with E-state index in [1.54, 1.807) is 6.07 Å². The van der Waals surface area contributed by atoms with E-state index in [1.165, 1.54) is 31.7 Å². The number of hydrogen-bond donors (Lipinski definition) is 0. The summed E-state index contributed by atoms with van der Waals surface area (Å²) in [7, 11) is 0. The van der Waals surface area contributed by atoms with E-state index in [4.69, 9.17) is 0 Å². The Bertz CT molecular complexity index is 814. The Morgan fingerprint density at radius 3 is 2.84 bits per heavy atom. The van der Waals surface area contributed by atoms with Crippen molar-refractivity contribution in [2.24, 2.45) is 11.8 Å². The lowest BCUT2D eigenvalue weighted by molar-refractivity contribution is -0.145. The predicted molar refractivity (Wildman–Crippen MR) is 121 cm³/mol. The number of likely N-dealkylation sites (tertiary alicyclic amines) is 2. The summed E-state index contributed by atoms with van der Waals surface area (Å²) in [5.74, 6) is 1.25. The van der Waals surface area contributed by atoms with Crippen molar-refractivity contribution in [3.8, 4) is 0 Å². The molecule has 4 heterocycles. The molecule has 2 bridgehead atoms. The van der Waals surface area contributed by atoms with Gasteiger partial charge in [-0.2, -0.15) is 0 Å². The number of piperidine rings is 3. The number of carbonyl (C=O) groups excluding carboxylic acids is 1. The van der Waals surface area contributed by atoms with E-state index in [-0.39, 0.29) is 11.9 Å². The van der Waals surface area contributed by atoms with Gasteiger partial charge in [0.2, 0.25) is 5.91 Å². The zero-order chi connectivity index (χ0) is 21.4. The number of fused-ring (bicyclic) bond motifs is 4. The van der Waals surface area contributed by atoms with Gasteiger partial charge in [-0.05, 0) is 81.1 Å². The van der Waals surface area contributed by atoms with Crippen LogP contribution in [0.1, 0.15) is 44.1 Å². The first-order valence-corrected chi connectivity index (χ1v) is 12.3. The molecular formula is C26H36FN3O. The van der Waals surface area contributed by atoms with E-state index in [2.05, 4.69) is 27.3 Å². The highest BCUT2D eigenvalue weighted by Crippen LogP contribution is 2.42. The fourth-order valence-electron chi connectivity index (χ4n) is 6.97. The molecule has 0 aliphatic carbocycles. The van der Waals surface area contributed by atoms with Gasteiger partial charge in [0.25, 0.3) is 0 Å². The first-order valence-electron chi connectivity index (χ1n) is 12.3. The van der Waals surface area contributed by atoms with Crippen molar-refractivity contribution in [1.82, 2.24) is 14.7 Å². The van der Waals surface area contributed by atoms with Crippen LogP contribution in [0.2, 0.25) is 0 Å². The largest absolute Gasteiger partial charge is 0.341 e. The summed E-state index contributed by atoms with van der Waals surface area (Å²) in [6, 6.07) is 8.13. The van der Waals surface area contributed by atoms with Crippen LogP contribution in [-0.2, 0) is 11.2 Å². The zero-order valence-corrected chi connectivity index (χ0v) is 18.6. The van der Waals surface area contributed by atoms with Crippen LogP contribution in [0.15, 0.2) is 36.9 Å². The summed E-state index contributed by atoms with van der Waals surface area (Å²) in [4.78, 5) is 20.8. The third kappa shape index (κ3) is 4.19. The third-order valence-electron chi connectivity index (χ3n) is 8.28. The van der Waals surface area contributed by atoms with Crippen molar-refractivity contribution in [2.75, 3.05) is 32.7 Å². The maximum Gasteiger partial charge on any atom is 0.239 e. The van der Waals surface area contributed by atoms with E-state index < -0.39 is 0 Å². The van der Waals surface area contributed by atoms with Gasteiger partial charge >= 0.3 is 0 Å². The van der Waals surface area contributed by atoms with Crippen LogP contribution in [-0.4, -0.2) is 71.5 Å². The number of benzene rings is 1. The SMILES string of the molecule is C=CCN1CCC[C@H]1C(=O)N1C[C@H]2C[C@@H](C1)[C@H](Cc1cccc(F)c1)N1CCCC[C@@H]21. The average Bonchev–Trinajstić information content (AvgIpc) is 3.24. The van der Waals surface area contributed by atoms with Crippen LogP contribution in [0.3, 0.4) is 0 Å². The fraction of sp³-hybridized carbons (Fsp3) is 0.654. The molecule has 31 heavy (non-hydrogen) atoms. The van der Waals surface area contributed by atoms with Crippen LogP contribution in [0, 0.1) is 17.7 Å². The normalized spacial score (nSPS) is 33.8. The highest BCUT2D eigenvalue weighted by molar-refractivity contribution is 5.82. The Labute approximate surface area is 186 Å². The van der Waals surface area contributed by atoms with E-state index >= 15 is 0 Å². The second-order valence-corrected chi connectivity index (χ2v) is 10.1. The summed E-state index contributed by atoms with van der Waals surface area (Å²) in [5, 5.41) is 0. The Balaban J connectivity index is 1.37. The molecule has 4 saturated heterocycles. The van der Waals surface area contributed by atoms with E-state index in [0.717, 1.165) is 57.5 Å². The Morgan fingerprint density at radius 2 is 2.00 bits per heavy atom. The molecule has 0 aromatic heterocycles. The molecule has 0 spiro atoms. The van der Waals surface area contributed by atoms with Crippen LogP contribution in [0.4, 0.5) is 4.39 Å². The molecule has 1 aromatic carbocycles. The monoisotopic (exact) mass is 425 g/mol. The number of halogens is 1. The lowest BCUT2D eigenvalue weighted by Gasteiger charge is -2.57. The van der Waals surface area contributed by atoms with Crippen molar-refractivity contribution >= 4 is 5.91 Å². The Kier molecular flexibility index (Phi) is 6.16. The van der Waals surface area contributed by atoms with E-state index in [0.29, 0.717) is 29.8 Å². The van der Waals surface area contributed by atoms with Crippen LogP contribution in [0.25, 0.3) is 0 Å². The molecule has 1 amide bonds. The summed E-state index contributed by atoms with van der Waals surface area (Å²) in [6.45, 7) is 8.61. The Morgan fingerprint density at radius 1 is 1.13 bits per heavy atom.